The van der Waals surface area contributed by atoms with Crippen LogP contribution in [0, 0.1) is 6.92 Å². The average molecular weight is 280 g/mol. The number of hydrogen-bond acceptors (Lipinski definition) is 5. The lowest BCUT2D eigenvalue weighted by Crippen LogP contribution is -2.55. The number of aliphatic hydroxyl groups is 1. The molecule has 1 fully saturated rings. The first kappa shape index (κ1) is 13.7. The van der Waals surface area contributed by atoms with Crippen LogP contribution in [-0.4, -0.2) is 33.3 Å². The van der Waals surface area contributed by atoms with E-state index in [4.69, 9.17) is 9.47 Å². The van der Waals surface area contributed by atoms with Crippen molar-refractivity contribution in [3.05, 3.63) is 22.8 Å². The third-order valence-corrected chi connectivity index (χ3v) is 4.38. The van der Waals surface area contributed by atoms with Gasteiger partial charge in [-0.25, -0.2) is 0 Å². The Kier molecular flexibility index (Phi) is 3.16. The van der Waals surface area contributed by atoms with Gasteiger partial charge in [-0.2, -0.15) is 0 Å². The minimum Gasteiger partial charge on any atom is -0.508 e. The van der Waals surface area contributed by atoms with Gasteiger partial charge in [0, 0.05) is 17.5 Å². The first-order valence-corrected chi connectivity index (χ1v) is 6.96. The summed E-state index contributed by atoms with van der Waals surface area (Å²) in [6, 6.07) is 1.63. The van der Waals surface area contributed by atoms with Gasteiger partial charge >= 0.3 is 0 Å². The van der Waals surface area contributed by atoms with Gasteiger partial charge in [0.05, 0.1) is 12.7 Å². The fourth-order valence-electron chi connectivity index (χ4n) is 3.07. The largest absolute Gasteiger partial charge is 0.508 e. The molecule has 1 saturated heterocycles. The molecular weight excluding hydrogens is 260 g/mol. The molecule has 0 saturated carbocycles. The third kappa shape index (κ3) is 1.97. The van der Waals surface area contributed by atoms with Crippen molar-refractivity contribution >= 4 is 0 Å². The van der Waals surface area contributed by atoms with Crippen LogP contribution in [0.2, 0.25) is 0 Å². The van der Waals surface area contributed by atoms with Crippen molar-refractivity contribution in [2.24, 2.45) is 0 Å². The molecule has 0 unspecified atom stereocenters. The maximum absolute atomic E-state index is 10.2. The number of fused-ring (bicyclic) bond motifs is 1. The van der Waals surface area contributed by atoms with Crippen LogP contribution in [0.3, 0.4) is 0 Å². The molecule has 110 valence electrons. The van der Waals surface area contributed by atoms with E-state index in [1.807, 2.05) is 6.92 Å². The Balaban J connectivity index is 1.99. The molecule has 5 nitrogen and oxygen atoms in total. The van der Waals surface area contributed by atoms with Crippen LogP contribution in [0.1, 0.15) is 36.5 Å². The number of rotatable bonds is 0. The SMILES string of the molecule is Cc1c(O)cc2c(c1O)CO[C@]1(C2)O[C@@H](C)CC[C@@H]1O. The zero-order valence-electron chi connectivity index (χ0n) is 11.7. The molecule has 20 heavy (non-hydrogen) atoms. The summed E-state index contributed by atoms with van der Waals surface area (Å²) in [5.41, 5.74) is 1.88. The second kappa shape index (κ2) is 4.62. The van der Waals surface area contributed by atoms with Gasteiger partial charge < -0.3 is 24.8 Å². The van der Waals surface area contributed by atoms with Gasteiger partial charge in [-0.15, -0.1) is 0 Å². The van der Waals surface area contributed by atoms with E-state index in [1.165, 1.54) is 0 Å². The highest BCUT2D eigenvalue weighted by molar-refractivity contribution is 5.53. The van der Waals surface area contributed by atoms with Crippen LogP contribution in [0.25, 0.3) is 0 Å². The summed E-state index contributed by atoms with van der Waals surface area (Å²) in [6.07, 6.45) is 1.07. The highest BCUT2D eigenvalue weighted by Crippen LogP contribution is 2.43. The highest BCUT2D eigenvalue weighted by Gasteiger charge is 2.47. The Hall–Kier alpha value is -1.30. The van der Waals surface area contributed by atoms with Crippen LogP contribution >= 0.6 is 0 Å². The predicted molar refractivity (Wildman–Crippen MR) is 71.5 cm³/mol. The predicted octanol–water partition coefficient (Wildman–Crippen LogP) is 1.74. The number of benzene rings is 1. The number of phenolic OH excluding ortho intramolecular Hbond substituents is 2. The molecule has 0 bridgehead atoms. The second-order valence-corrected chi connectivity index (χ2v) is 5.81. The summed E-state index contributed by atoms with van der Waals surface area (Å²) in [7, 11) is 0. The molecule has 1 spiro atoms. The highest BCUT2D eigenvalue weighted by atomic mass is 16.7. The summed E-state index contributed by atoms with van der Waals surface area (Å²) >= 11 is 0. The van der Waals surface area contributed by atoms with E-state index in [-0.39, 0.29) is 24.2 Å². The molecule has 3 rings (SSSR count). The molecule has 0 amide bonds. The molecule has 2 aliphatic heterocycles. The van der Waals surface area contributed by atoms with Crippen molar-refractivity contribution < 1.29 is 24.8 Å². The lowest BCUT2D eigenvalue weighted by Gasteiger charge is -2.46. The molecule has 3 atom stereocenters. The number of aromatic hydroxyl groups is 2. The summed E-state index contributed by atoms with van der Waals surface area (Å²) in [5.74, 6) is -0.941. The second-order valence-electron chi connectivity index (χ2n) is 5.81. The summed E-state index contributed by atoms with van der Waals surface area (Å²) in [6.45, 7) is 3.78. The van der Waals surface area contributed by atoms with Crippen molar-refractivity contribution in [2.75, 3.05) is 0 Å². The summed E-state index contributed by atoms with van der Waals surface area (Å²) in [5, 5.41) is 30.2. The Morgan fingerprint density at radius 1 is 1.30 bits per heavy atom. The van der Waals surface area contributed by atoms with Crippen molar-refractivity contribution in [3.8, 4) is 11.5 Å². The quantitative estimate of drug-likeness (QED) is 0.674. The molecule has 5 heteroatoms. The number of aliphatic hydroxyl groups excluding tert-OH is 1. The number of hydrogen-bond donors (Lipinski definition) is 3. The standard InChI is InChI=1S/C15H20O5/c1-8-3-4-13(17)15(20-8)6-10-5-12(16)9(2)14(18)11(10)7-19-15/h5,8,13,16-18H,3-4,6-7H2,1-2H3/t8-,13-,15+/m0/s1. The summed E-state index contributed by atoms with van der Waals surface area (Å²) < 4.78 is 11.6. The fourth-order valence-corrected chi connectivity index (χ4v) is 3.07. The molecule has 0 radical (unpaired) electrons. The molecule has 1 aromatic rings. The van der Waals surface area contributed by atoms with Crippen LogP contribution in [0.4, 0.5) is 0 Å². The van der Waals surface area contributed by atoms with Gasteiger partial charge in [-0.1, -0.05) is 0 Å². The maximum atomic E-state index is 10.2. The lowest BCUT2D eigenvalue weighted by atomic mass is 9.87. The van der Waals surface area contributed by atoms with Gasteiger partial charge in [0.1, 0.15) is 17.6 Å². The zero-order chi connectivity index (χ0) is 14.5. The third-order valence-electron chi connectivity index (χ3n) is 4.38. The normalized spacial score (nSPS) is 33.1. The molecule has 1 aromatic carbocycles. The molecule has 0 aliphatic carbocycles. The first-order chi connectivity index (χ1) is 9.43. The van der Waals surface area contributed by atoms with E-state index in [2.05, 4.69) is 0 Å². The van der Waals surface area contributed by atoms with E-state index in [0.717, 1.165) is 12.0 Å². The zero-order valence-corrected chi connectivity index (χ0v) is 11.7. The van der Waals surface area contributed by atoms with E-state index in [0.29, 0.717) is 24.0 Å². The topological polar surface area (TPSA) is 79.2 Å². The van der Waals surface area contributed by atoms with E-state index >= 15 is 0 Å². The van der Waals surface area contributed by atoms with Gasteiger partial charge in [0.2, 0.25) is 0 Å². The van der Waals surface area contributed by atoms with Gasteiger partial charge in [-0.05, 0) is 38.3 Å². The van der Waals surface area contributed by atoms with E-state index in [9.17, 15) is 15.3 Å². The first-order valence-electron chi connectivity index (χ1n) is 6.96. The van der Waals surface area contributed by atoms with Crippen molar-refractivity contribution in [3.63, 3.8) is 0 Å². The van der Waals surface area contributed by atoms with Crippen LogP contribution in [0.5, 0.6) is 11.5 Å². The van der Waals surface area contributed by atoms with Gasteiger partial charge in [0.25, 0.3) is 0 Å². The molecule has 2 heterocycles. The smallest absolute Gasteiger partial charge is 0.199 e. The molecule has 2 aliphatic rings. The van der Waals surface area contributed by atoms with E-state index < -0.39 is 11.9 Å². The Bertz CT molecular complexity index is 542. The maximum Gasteiger partial charge on any atom is 0.199 e. The van der Waals surface area contributed by atoms with Crippen LogP contribution < -0.4 is 0 Å². The Labute approximate surface area is 117 Å². The van der Waals surface area contributed by atoms with Gasteiger partial charge in [0.15, 0.2) is 5.79 Å². The number of phenols is 2. The van der Waals surface area contributed by atoms with Crippen molar-refractivity contribution in [2.45, 2.75) is 57.7 Å². The lowest BCUT2D eigenvalue weighted by molar-refractivity contribution is -0.327. The number of ether oxygens (including phenoxy) is 2. The molecule has 0 aromatic heterocycles. The van der Waals surface area contributed by atoms with Crippen molar-refractivity contribution in [1.82, 2.24) is 0 Å². The monoisotopic (exact) mass is 280 g/mol. The fraction of sp³-hybridized carbons (Fsp3) is 0.600. The average Bonchev–Trinajstić information content (AvgIpc) is 2.41. The van der Waals surface area contributed by atoms with Crippen LogP contribution in [-0.2, 0) is 22.5 Å². The van der Waals surface area contributed by atoms with Crippen LogP contribution in [0.15, 0.2) is 6.07 Å². The Morgan fingerprint density at radius 2 is 2.05 bits per heavy atom. The minimum atomic E-state index is -1.06. The van der Waals surface area contributed by atoms with E-state index in [1.54, 1.807) is 13.0 Å². The minimum absolute atomic E-state index is 0.0209. The molecule has 3 N–H and O–H groups in total. The van der Waals surface area contributed by atoms with Gasteiger partial charge in [-0.3, -0.25) is 0 Å². The van der Waals surface area contributed by atoms with Crippen molar-refractivity contribution in [1.29, 1.82) is 0 Å². The summed E-state index contributed by atoms with van der Waals surface area (Å²) in [4.78, 5) is 0. The molecular formula is C15H20O5. The Morgan fingerprint density at radius 3 is 2.80 bits per heavy atom.